The van der Waals surface area contributed by atoms with Crippen LogP contribution in [0.4, 0.5) is 18.9 Å². The lowest BCUT2D eigenvalue weighted by Crippen LogP contribution is -2.43. The maximum Gasteiger partial charge on any atom is 0.413 e. The van der Waals surface area contributed by atoms with E-state index in [2.05, 4.69) is 0 Å². The summed E-state index contributed by atoms with van der Waals surface area (Å²) < 4.78 is 46.0. The van der Waals surface area contributed by atoms with E-state index in [1.54, 1.807) is 48.5 Å². The molecule has 0 bridgehead atoms. The van der Waals surface area contributed by atoms with Crippen LogP contribution in [0.15, 0.2) is 48.5 Å². The molecular weight excluding hydrogens is 291 g/mol. The molecule has 0 fully saturated rings. The quantitative estimate of drug-likeness (QED) is 0.817. The van der Waals surface area contributed by atoms with Crippen molar-refractivity contribution < 1.29 is 17.9 Å². The van der Waals surface area contributed by atoms with Gasteiger partial charge < -0.3 is 9.64 Å². The van der Waals surface area contributed by atoms with Crippen molar-refractivity contribution in [3.63, 3.8) is 0 Å². The Bertz CT molecular complexity index is 652. The van der Waals surface area contributed by atoms with E-state index in [-0.39, 0.29) is 0 Å². The molecule has 0 saturated carbocycles. The third kappa shape index (κ3) is 2.63. The summed E-state index contributed by atoms with van der Waals surface area (Å²) in [5, 5.41) is 0. The molecule has 0 aliphatic carbocycles. The van der Waals surface area contributed by atoms with Crippen LogP contribution in [0.3, 0.4) is 0 Å². The van der Waals surface area contributed by atoms with E-state index in [0.717, 1.165) is 5.56 Å². The Morgan fingerprint density at radius 1 is 1.05 bits per heavy atom. The predicted molar refractivity (Wildman–Crippen MR) is 79.3 cm³/mol. The number of alkyl halides is 3. The van der Waals surface area contributed by atoms with Crippen molar-refractivity contribution in [3.8, 4) is 5.75 Å². The third-order valence-corrected chi connectivity index (χ3v) is 4.00. The van der Waals surface area contributed by atoms with Gasteiger partial charge in [-0.1, -0.05) is 24.3 Å². The van der Waals surface area contributed by atoms with Gasteiger partial charge in [-0.3, -0.25) is 0 Å². The second-order valence-electron chi connectivity index (χ2n) is 5.28. The molecule has 0 saturated heterocycles. The van der Waals surface area contributed by atoms with Crippen LogP contribution in [0, 0.1) is 0 Å². The number of rotatable bonds is 2. The Hall–Kier alpha value is -2.17. The fraction of sp³-hybridized carbons (Fsp3) is 0.294. The van der Waals surface area contributed by atoms with Gasteiger partial charge in [0.15, 0.2) is 6.04 Å². The molecule has 0 aromatic heterocycles. The molecule has 2 aromatic carbocycles. The summed E-state index contributed by atoms with van der Waals surface area (Å²) in [4.78, 5) is 1.42. The number of nitrogens with zero attached hydrogens (tertiary/aromatic N) is 1. The predicted octanol–water partition coefficient (Wildman–Crippen LogP) is 4.36. The van der Waals surface area contributed by atoms with Gasteiger partial charge in [0.1, 0.15) is 5.75 Å². The van der Waals surface area contributed by atoms with Gasteiger partial charge >= 0.3 is 6.18 Å². The minimum absolute atomic E-state index is 0.341. The van der Waals surface area contributed by atoms with Gasteiger partial charge in [-0.15, -0.1) is 0 Å². The average Bonchev–Trinajstić information content (AvgIpc) is 2.53. The van der Waals surface area contributed by atoms with E-state index in [9.17, 15) is 13.2 Å². The minimum Gasteiger partial charge on any atom is -0.497 e. The summed E-state index contributed by atoms with van der Waals surface area (Å²) in [5.74, 6) is 0.629. The number of halogens is 3. The highest BCUT2D eigenvalue weighted by molar-refractivity contribution is 5.54. The van der Waals surface area contributed by atoms with Crippen LogP contribution in [-0.4, -0.2) is 19.8 Å². The fourth-order valence-corrected chi connectivity index (χ4v) is 2.97. The number of hydrogen-bond donors (Lipinski definition) is 0. The SMILES string of the molecule is COc1ccc(N2CCc3ccccc3C2C(F)(F)F)cc1. The first-order valence-corrected chi connectivity index (χ1v) is 7.06. The Labute approximate surface area is 127 Å². The Morgan fingerprint density at radius 2 is 1.73 bits per heavy atom. The first-order chi connectivity index (χ1) is 10.5. The maximum atomic E-state index is 13.6. The Balaban J connectivity index is 2.03. The molecule has 2 aromatic rings. The summed E-state index contributed by atoms with van der Waals surface area (Å²) in [7, 11) is 1.53. The standard InChI is InChI=1S/C17H16F3NO/c1-22-14-8-6-13(7-9-14)21-11-10-12-4-2-3-5-15(12)16(21)17(18,19)20/h2-9,16H,10-11H2,1H3. The van der Waals surface area contributed by atoms with Gasteiger partial charge in [-0.05, 0) is 41.8 Å². The summed E-state index contributed by atoms with van der Waals surface area (Å²) >= 11 is 0. The van der Waals surface area contributed by atoms with Crippen molar-refractivity contribution >= 4 is 5.69 Å². The number of ether oxygens (including phenoxy) is 1. The van der Waals surface area contributed by atoms with E-state index in [4.69, 9.17) is 4.74 Å². The zero-order chi connectivity index (χ0) is 15.7. The molecule has 3 rings (SSSR count). The van der Waals surface area contributed by atoms with Gasteiger partial charge in [-0.2, -0.15) is 13.2 Å². The molecule has 0 N–H and O–H groups in total. The van der Waals surface area contributed by atoms with E-state index >= 15 is 0 Å². The largest absolute Gasteiger partial charge is 0.497 e. The molecule has 1 unspecified atom stereocenters. The lowest BCUT2D eigenvalue weighted by atomic mass is 9.91. The maximum absolute atomic E-state index is 13.6. The number of benzene rings is 2. The highest BCUT2D eigenvalue weighted by atomic mass is 19.4. The van der Waals surface area contributed by atoms with E-state index in [1.165, 1.54) is 12.0 Å². The molecule has 5 heteroatoms. The summed E-state index contributed by atoms with van der Waals surface area (Å²) in [5.41, 5.74) is 1.67. The van der Waals surface area contributed by atoms with Crippen molar-refractivity contribution in [2.24, 2.45) is 0 Å². The normalized spacial score (nSPS) is 18.0. The van der Waals surface area contributed by atoms with E-state index in [0.29, 0.717) is 30.0 Å². The summed E-state index contributed by atoms with van der Waals surface area (Å²) in [6.45, 7) is 0.341. The Morgan fingerprint density at radius 3 is 2.36 bits per heavy atom. The molecule has 22 heavy (non-hydrogen) atoms. The average molecular weight is 307 g/mol. The van der Waals surface area contributed by atoms with Crippen molar-refractivity contribution in [3.05, 3.63) is 59.7 Å². The highest BCUT2D eigenvalue weighted by Crippen LogP contribution is 2.44. The zero-order valence-electron chi connectivity index (χ0n) is 12.1. The molecular formula is C17H16F3NO. The van der Waals surface area contributed by atoms with Crippen LogP contribution in [0.2, 0.25) is 0 Å². The third-order valence-electron chi connectivity index (χ3n) is 4.00. The molecule has 0 radical (unpaired) electrons. The summed E-state index contributed by atoms with van der Waals surface area (Å²) in [6.07, 6.45) is -3.72. The van der Waals surface area contributed by atoms with Crippen LogP contribution >= 0.6 is 0 Å². The molecule has 0 spiro atoms. The molecule has 1 atom stereocenters. The highest BCUT2D eigenvalue weighted by Gasteiger charge is 2.47. The van der Waals surface area contributed by atoms with Crippen LogP contribution < -0.4 is 9.64 Å². The van der Waals surface area contributed by atoms with Crippen LogP contribution in [0.5, 0.6) is 5.75 Å². The van der Waals surface area contributed by atoms with Gasteiger partial charge in [0.05, 0.1) is 7.11 Å². The van der Waals surface area contributed by atoms with Gasteiger partial charge in [0.25, 0.3) is 0 Å². The molecule has 2 nitrogen and oxygen atoms in total. The van der Waals surface area contributed by atoms with Crippen LogP contribution in [-0.2, 0) is 6.42 Å². The second-order valence-corrected chi connectivity index (χ2v) is 5.28. The van der Waals surface area contributed by atoms with Crippen LogP contribution in [0.1, 0.15) is 17.2 Å². The van der Waals surface area contributed by atoms with Crippen molar-refractivity contribution in [1.82, 2.24) is 0 Å². The van der Waals surface area contributed by atoms with Crippen molar-refractivity contribution in [2.75, 3.05) is 18.6 Å². The molecule has 1 heterocycles. The van der Waals surface area contributed by atoms with E-state index in [1.807, 2.05) is 0 Å². The molecule has 1 aliphatic heterocycles. The van der Waals surface area contributed by atoms with Gasteiger partial charge in [0.2, 0.25) is 0 Å². The lowest BCUT2D eigenvalue weighted by molar-refractivity contribution is -0.151. The monoisotopic (exact) mass is 307 g/mol. The van der Waals surface area contributed by atoms with Crippen molar-refractivity contribution in [1.29, 1.82) is 0 Å². The number of fused-ring (bicyclic) bond motifs is 1. The Kier molecular flexibility index (Phi) is 3.72. The molecule has 0 amide bonds. The molecule has 116 valence electrons. The van der Waals surface area contributed by atoms with Crippen LogP contribution in [0.25, 0.3) is 0 Å². The fourth-order valence-electron chi connectivity index (χ4n) is 2.97. The first kappa shape index (κ1) is 14.8. The van der Waals surface area contributed by atoms with Gasteiger partial charge in [-0.25, -0.2) is 0 Å². The topological polar surface area (TPSA) is 12.5 Å². The lowest BCUT2D eigenvalue weighted by Gasteiger charge is -2.39. The first-order valence-electron chi connectivity index (χ1n) is 7.06. The zero-order valence-corrected chi connectivity index (χ0v) is 12.1. The number of anilines is 1. The minimum atomic E-state index is -4.32. The molecule has 1 aliphatic rings. The van der Waals surface area contributed by atoms with Crippen molar-refractivity contribution in [2.45, 2.75) is 18.6 Å². The van der Waals surface area contributed by atoms with Gasteiger partial charge in [0, 0.05) is 12.2 Å². The second kappa shape index (κ2) is 5.55. The number of methoxy groups -OCH3 is 1. The summed E-state index contributed by atoms with van der Waals surface area (Å²) in [6, 6.07) is 11.9. The number of hydrogen-bond acceptors (Lipinski definition) is 2. The van der Waals surface area contributed by atoms with E-state index < -0.39 is 12.2 Å². The smallest absolute Gasteiger partial charge is 0.413 e.